The van der Waals surface area contributed by atoms with Crippen LogP contribution >= 0.6 is 0 Å². The largest absolute Gasteiger partial charge is 0.467 e. The van der Waals surface area contributed by atoms with Crippen molar-refractivity contribution in [1.82, 2.24) is 9.80 Å². The van der Waals surface area contributed by atoms with Crippen LogP contribution < -0.4 is 0 Å². The number of amides is 2. The van der Waals surface area contributed by atoms with Crippen LogP contribution in [0.4, 0.5) is 0 Å². The molecule has 2 amide bonds. The fourth-order valence-corrected chi connectivity index (χ4v) is 3.02. The van der Waals surface area contributed by atoms with Crippen molar-refractivity contribution in [3.63, 3.8) is 0 Å². The first-order valence-corrected chi connectivity index (χ1v) is 9.95. The zero-order valence-electron chi connectivity index (χ0n) is 17.5. The molecule has 0 aliphatic rings. The molecule has 1 aromatic carbocycles. The van der Waals surface area contributed by atoms with Crippen molar-refractivity contribution < 1.29 is 14.0 Å². The molecule has 0 atom stereocenters. The van der Waals surface area contributed by atoms with Gasteiger partial charge in [-0.15, -0.1) is 0 Å². The zero-order chi connectivity index (χ0) is 20.6. The molecule has 28 heavy (non-hydrogen) atoms. The Hall–Kier alpha value is -2.56. The predicted molar refractivity (Wildman–Crippen MR) is 110 cm³/mol. The van der Waals surface area contributed by atoms with Gasteiger partial charge in [-0.3, -0.25) is 9.59 Å². The Bertz CT molecular complexity index is 733. The van der Waals surface area contributed by atoms with Gasteiger partial charge in [-0.2, -0.15) is 0 Å². The molecule has 0 aliphatic carbocycles. The fourth-order valence-electron chi connectivity index (χ4n) is 3.02. The molecule has 152 valence electrons. The molecule has 0 bridgehead atoms. The van der Waals surface area contributed by atoms with Gasteiger partial charge in [0.1, 0.15) is 12.3 Å². The highest BCUT2D eigenvalue weighted by atomic mass is 16.3. The first kappa shape index (κ1) is 21.7. The van der Waals surface area contributed by atoms with Gasteiger partial charge in [0.15, 0.2) is 0 Å². The Kier molecular flexibility index (Phi) is 7.85. The van der Waals surface area contributed by atoms with E-state index >= 15 is 0 Å². The Morgan fingerprint density at radius 1 is 0.964 bits per heavy atom. The first-order chi connectivity index (χ1) is 13.3. The van der Waals surface area contributed by atoms with E-state index in [1.807, 2.05) is 63.2 Å². The number of carbonyl (C=O) groups excluding carboxylic acids is 2. The molecule has 2 aromatic rings. The lowest BCUT2D eigenvalue weighted by atomic mass is 10.0. The molecule has 0 saturated carbocycles. The molecule has 0 radical (unpaired) electrons. The van der Waals surface area contributed by atoms with Crippen molar-refractivity contribution >= 4 is 11.8 Å². The average molecular weight is 385 g/mol. The second kappa shape index (κ2) is 10.1. The quantitative estimate of drug-likeness (QED) is 0.634. The summed E-state index contributed by atoms with van der Waals surface area (Å²) in [5, 5.41) is 0. The SMILES string of the molecule is CCCCC(=O)N(CC(=O)N(Cc1ccccc1)Cc1ccco1)C(C)(C)C. The second-order valence-corrected chi connectivity index (χ2v) is 8.07. The molecule has 0 fully saturated rings. The van der Waals surface area contributed by atoms with E-state index < -0.39 is 5.54 Å². The highest BCUT2D eigenvalue weighted by Crippen LogP contribution is 2.18. The van der Waals surface area contributed by atoms with Gasteiger partial charge in [0.2, 0.25) is 11.8 Å². The number of rotatable bonds is 9. The third-order valence-electron chi connectivity index (χ3n) is 4.64. The van der Waals surface area contributed by atoms with Crippen LogP contribution in [0.15, 0.2) is 53.1 Å². The number of benzene rings is 1. The lowest BCUT2D eigenvalue weighted by Gasteiger charge is -2.37. The molecule has 0 unspecified atom stereocenters. The van der Waals surface area contributed by atoms with E-state index in [0.29, 0.717) is 19.5 Å². The average Bonchev–Trinajstić information content (AvgIpc) is 3.16. The van der Waals surface area contributed by atoms with Crippen molar-refractivity contribution in [1.29, 1.82) is 0 Å². The molecule has 5 heteroatoms. The van der Waals surface area contributed by atoms with Crippen LogP contribution in [0.25, 0.3) is 0 Å². The molecule has 5 nitrogen and oxygen atoms in total. The Labute approximate surface area is 168 Å². The number of nitrogens with zero attached hydrogens (tertiary/aromatic N) is 2. The van der Waals surface area contributed by atoms with E-state index in [-0.39, 0.29) is 18.4 Å². The Morgan fingerprint density at radius 2 is 1.68 bits per heavy atom. The molecule has 1 aromatic heterocycles. The summed E-state index contributed by atoms with van der Waals surface area (Å²) in [6.07, 6.45) is 3.87. The van der Waals surface area contributed by atoms with Gasteiger partial charge < -0.3 is 14.2 Å². The van der Waals surface area contributed by atoms with Gasteiger partial charge in [-0.1, -0.05) is 43.7 Å². The number of carbonyl (C=O) groups is 2. The molecule has 0 N–H and O–H groups in total. The zero-order valence-corrected chi connectivity index (χ0v) is 17.5. The lowest BCUT2D eigenvalue weighted by molar-refractivity contribution is -0.145. The van der Waals surface area contributed by atoms with Crippen LogP contribution in [-0.2, 0) is 22.7 Å². The van der Waals surface area contributed by atoms with Crippen molar-refractivity contribution in [2.45, 2.75) is 65.6 Å². The molecule has 0 saturated heterocycles. The number of furan rings is 1. The van der Waals surface area contributed by atoms with E-state index in [2.05, 4.69) is 6.92 Å². The van der Waals surface area contributed by atoms with Crippen LogP contribution in [0.5, 0.6) is 0 Å². The van der Waals surface area contributed by atoms with Crippen LogP contribution in [0.3, 0.4) is 0 Å². The number of hydrogen-bond acceptors (Lipinski definition) is 3. The molecular formula is C23H32N2O3. The summed E-state index contributed by atoms with van der Waals surface area (Å²) in [5.41, 5.74) is 0.630. The summed E-state index contributed by atoms with van der Waals surface area (Å²) < 4.78 is 5.45. The van der Waals surface area contributed by atoms with Crippen LogP contribution in [-0.4, -0.2) is 33.7 Å². The van der Waals surface area contributed by atoms with Crippen LogP contribution in [0.2, 0.25) is 0 Å². The highest BCUT2D eigenvalue weighted by molar-refractivity contribution is 5.85. The fraction of sp³-hybridized carbons (Fsp3) is 0.478. The van der Waals surface area contributed by atoms with Gasteiger partial charge in [0, 0.05) is 18.5 Å². The third-order valence-corrected chi connectivity index (χ3v) is 4.64. The summed E-state index contributed by atoms with van der Waals surface area (Å²) in [6, 6.07) is 13.5. The second-order valence-electron chi connectivity index (χ2n) is 8.07. The lowest BCUT2D eigenvalue weighted by Crippen LogP contribution is -2.51. The third kappa shape index (κ3) is 6.55. The highest BCUT2D eigenvalue weighted by Gasteiger charge is 2.30. The van der Waals surface area contributed by atoms with E-state index in [4.69, 9.17) is 4.42 Å². The van der Waals surface area contributed by atoms with Crippen molar-refractivity contribution in [2.75, 3.05) is 6.54 Å². The van der Waals surface area contributed by atoms with Gasteiger partial charge >= 0.3 is 0 Å². The molecule has 0 aliphatic heterocycles. The summed E-state index contributed by atoms with van der Waals surface area (Å²) >= 11 is 0. The first-order valence-electron chi connectivity index (χ1n) is 9.95. The normalized spacial score (nSPS) is 11.3. The molecule has 1 heterocycles. The van der Waals surface area contributed by atoms with Crippen molar-refractivity contribution in [2.24, 2.45) is 0 Å². The standard InChI is InChI=1S/C23H32N2O3/c1-5-6-14-21(26)25(23(2,3)4)18-22(27)24(17-20-13-10-15-28-20)16-19-11-8-7-9-12-19/h7-13,15H,5-6,14,16-18H2,1-4H3. The van der Waals surface area contributed by atoms with Gasteiger partial charge in [-0.25, -0.2) is 0 Å². The van der Waals surface area contributed by atoms with E-state index in [0.717, 1.165) is 24.2 Å². The van der Waals surface area contributed by atoms with Gasteiger partial charge in [-0.05, 0) is 44.9 Å². The maximum absolute atomic E-state index is 13.2. The molecular weight excluding hydrogens is 352 g/mol. The summed E-state index contributed by atoms with van der Waals surface area (Å²) in [6.45, 7) is 8.89. The van der Waals surface area contributed by atoms with Crippen LogP contribution in [0, 0.1) is 0 Å². The number of hydrogen-bond donors (Lipinski definition) is 0. The van der Waals surface area contributed by atoms with Gasteiger partial charge in [0.05, 0.1) is 12.8 Å². The minimum atomic E-state index is -0.413. The maximum Gasteiger partial charge on any atom is 0.242 e. The summed E-state index contributed by atoms with van der Waals surface area (Å²) in [4.78, 5) is 29.4. The smallest absolute Gasteiger partial charge is 0.242 e. The molecule has 0 spiro atoms. The minimum absolute atomic E-state index is 0.0281. The molecule has 2 rings (SSSR count). The summed E-state index contributed by atoms with van der Waals surface area (Å²) in [5.74, 6) is 0.671. The monoisotopic (exact) mass is 384 g/mol. The number of unbranched alkanes of at least 4 members (excludes halogenated alkanes) is 1. The van der Waals surface area contributed by atoms with Crippen molar-refractivity contribution in [3.8, 4) is 0 Å². The minimum Gasteiger partial charge on any atom is -0.467 e. The van der Waals surface area contributed by atoms with Gasteiger partial charge in [0.25, 0.3) is 0 Å². The predicted octanol–water partition coefficient (Wildman–Crippen LogP) is 4.63. The Morgan fingerprint density at radius 3 is 2.25 bits per heavy atom. The van der Waals surface area contributed by atoms with Crippen molar-refractivity contribution in [3.05, 3.63) is 60.1 Å². The van der Waals surface area contributed by atoms with E-state index in [1.54, 1.807) is 16.1 Å². The van der Waals surface area contributed by atoms with E-state index in [9.17, 15) is 9.59 Å². The maximum atomic E-state index is 13.2. The van der Waals surface area contributed by atoms with Crippen LogP contribution in [0.1, 0.15) is 58.3 Å². The topological polar surface area (TPSA) is 53.8 Å². The van der Waals surface area contributed by atoms with E-state index in [1.165, 1.54) is 0 Å². The summed E-state index contributed by atoms with van der Waals surface area (Å²) in [7, 11) is 0. The Balaban J connectivity index is 2.17.